The second-order valence-electron chi connectivity index (χ2n) is 8.79. The van der Waals surface area contributed by atoms with E-state index in [1.165, 1.54) is 0 Å². The van der Waals surface area contributed by atoms with E-state index >= 15 is 0 Å². The summed E-state index contributed by atoms with van der Waals surface area (Å²) < 4.78 is 11.9. The molecule has 4 heteroatoms. The van der Waals surface area contributed by atoms with Crippen molar-refractivity contribution in [1.29, 1.82) is 0 Å². The van der Waals surface area contributed by atoms with Crippen LogP contribution in [0.15, 0.2) is 146 Å². The fourth-order valence-corrected chi connectivity index (χ4v) is 4.26. The summed E-state index contributed by atoms with van der Waals surface area (Å²) in [4.78, 5) is 26.2. The van der Waals surface area contributed by atoms with Gasteiger partial charge in [0.05, 0.1) is 11.1 Å². The lowest BCUT2D eigenvalue weighted by molar-refractivity contribution is 0.0363. The number of carbonyl (C=O) groups excluding carboxylic acids is 2. The molecule has 0 unspecified atom stereocenters. The van der Waals surface area contributed by atoms with Crippen molar-refractivity contribution in [2.45, 2.75) is 12.2 Å². The maximum absolute atomic E-state index is 13.1. The minimum Gasteiger partial charge on any atom is -0.449 e. The van der Waals surface area contributed by atoms with Crippen LogP contribution in [0.5, 0.6) is 0 Å². The van der Waals surface area contributed by atoms with Crippen molar-refractivity contribution < 1.29 is 19.1 Å². The predicted octanol–water partition coefficient (Wildman–Crippen LogP) is 7.58. The molecule has 0 aliphatic heterocycles. The van der Waals surface area contributed by atoms with E-state index in [0.717, 1.165) is 22.3 Å². The quantitative estimate of drug-likeness (QED) is 0.207. The van der Waals surface area contributed by atoms with E-state index in [0.29, 0.717) is 11.1 Å². The summed E-state index contributed by atoms with van der Waals surface area (Å²) >= 11 is 0. The standard InChI is InChI=1S/C34H26O4/c35-33(37-31(25-13-5-1-6-14-25)26-15-7-2-8-16-26)29-21-23-30(24-22-29)34(36)38-32(27-17-9-3-10-18-27)28-19-11-4-12-20-28/h1-24,31-32H. The lowest BCUT2D eigenvalue weighted by atomic mass is 10.0. The molecule has 0 fully saturated rings. The van der Waals surface area contributed by atoms with Gasteiger partial charge in [-0.15, -0.1) is 0 Å². The molecule has 38 heavy (non-hydrogen) atoms. The van der Waals surface area contributed by atoms with Crippen LogP contribution in [0.3, 0.4) is 0 Å². The van der Waals surface area contributed by atoms with Crippen molar-refractivity contribution in [2.24, 2.45) is 0 Å². The smallest absolute Gasteiger partial charge is 0.339 e. The summed E-state index contributed by atoms with van der Waals surface area (Å²) in [7, 11) is 0. The molecule has 0 spiro atoms. The summed E-state index contributed by atoms with van der Waals surface area (Å²) in [5.74, 6) is -0.955. The second-order valence-corrected chi connectivity index (χ2v) is 8.79. The first-order chi connectivity index (χ1) is 18.7. The molecule has 4 nitrogen and oxygen atoms in total. The SMILES string of the molecule is O=C(OC(c1ccccc1)c1ccccc1)c1ccc(C(=O)OC(c2ccccc2)c2ccccc2)cc1. The number of esters is 2. The van der Waals surface area contributed by atoms with E-state index in [1.54, 1.807) is 24.3 Å². The maximum atomic E-state index is 13.1. The third-order valence-electron chi connectivity index (χ3n) is 6.22. The third kappa shape index (κ3) is 5.88. The van der Waals surface area contributed by atoms with Gasteiger partial charge in [-0.3, -0.25) is 0 Å². The van der Waals surface area contributed by atoms with Gasteiger partial charge in [0, 0.05) is 0 Å². The minimum atomic E-state index is -0.549. The number of benzene rings is 5. The van der Waals surface area contributed by atoms with Crippen LogP contribution in [0, 0.1) is 0 Å². The Kier molecular flexibility index (Phi) is 7.71. The topological polar surface area (TPSA) is 52.6 Å². The van der Waals surface area contributed by atoms with Gasteiger partial charge in [0.1, 0.15) is 0 Å². The predicted molar refractivity (Wildman–Crippen MR) is 147 cm³/mol. The highest BCUT2D eigenvalue weighted by Crippen LogP contribution is 2.29. The summed E-state index contributed by atoms with van der Waals surface area (Å²) in [6, 6.07) is 44.8. The van der Waals surface area contributed by atoms with Gasteiger partial charge < -0.3 is 9.47 Å². The minimum absolute atomic E-state index is 0.348. The van der Waals surface area contributed by atoms with Crippen molar-refractivity contribution in [2.75, 3.05) is 0 Å². The lowest BCUT2D eigenvalue weighted by Gasteiger charge is -2.20. The molecule has 0 saturated carbocycles. The van der Waals surface area contributed by atoms with Crippen molar-refractivity contribution in [3.05, 3.63) is 179 Å². The first-order valence-electron chi connectivity index (χ1n) is 12.4. The highest BCUT2D eigenvalue weighted by atomic mass is 16.5. The average molecular weight is 499 g/mol. The van der Waals surface area contributed by atoms with Crippen LogP contribution in [-0.4, -0.2) is 11.9 Å². The van der Waals surface area contributed by atoms with Gasteiger partial charge in [0.25, 0.3) is 0 Å². The Balaban J connectivity index is 1.33. The Morgan fingerprint density at radius 2 is 0.605 bits per heavy atom. The van der Waals surface area contributed by atoms with E-state index in [-0.39, 0.29) is 0 Å². The van der Waals surface area contributed by atoms with Crippen LogP contribution < -0.4 is 0 Å². The van der Waals surface area contributed by atoms with E-state index in [1.807, 2.05) is 121 Å². The van der Waals surface area contributed by atoms with E-state index in [2.05, 4.69) is 0 Å². The van der Waals surface area contributed by atoms with Crippen molar-refractivity contribution in [3.63, 3.8) is 0 Å². The Hall–Kier alpha value is -4.96. The average Bonchev–Trinajstić information content (AvgIpc) is 3.00. The summed E-state index contributed by atoms with van der Waals surface area (Å²) in [5, 5.41) is 0. The number of ether oxygens (including phenoxy) is 2. The third-order valence-corrected chi connectivity index (χ3v) is 6.22. The number of hydrogen-bond acceptors (Lipinski definition) is 4. The number of rotatable bonds is 8. The molecule has 0 N–H and O–H groups in total. The zero-order valence-electron chi connectivity index (χ0n) is 20.6. The molecule has 0 atom stereocenters. The van der Waals surface area contributed by atoms with Crippen LogP contribution in [0.25, 0.3) is 0 Å². The maximum Gasteiger partial charge on any atom is 0.339 e. The molecule has 0 bridgehead atoms. The Morgan fingerprint density at radius 1 is 0.368 bits per heavy atom. The van der Waals surface area contributed by atoms with Gasteiger partial charge in [-0.25, -0.2) is 9.59 Å². The molecule has 0 aromatic heterocycles. The first-order valence-corrected chi connectivity index (χ1v) is 12.4. The Morgan fingerprint density at radius 3 is 0.842 bits per heavy atom. The van der Waals surface area contributed by atoms with Crippen LogP contribution in [0.1, 0.15) is 55.2 Å². The van der Waals surface area contributed by atoms with Gasteiger partial charge in [-0.05, 0) is 46.5 Å². The largest absolute Gasteiger partial charge is 0.449 e. The molecule has 0 amide bonds. The molecule has 0 aliphatic rings. The van der Waals surface area contributed by atoms with Crippen molar-refractivity contribution >= 4 is 11.9 Å². The molecular weight excluding hydrogens is 472 g/mol. The van der Waals surface area contributed by atoms with Gasteiger partial charge in [-0.1, -0.05) is 121 Å². The number of hydrogen-bond donors (Lipinski definition) is 0. The van der Waals surface area contributed by atoms with E-state index < -0.39 is 24.1 Å². The Bertz CT molecular complexity index is 1270. The lowest BCUT2D eigenvalue weighted by Crippen LogP contribution is -2.14. The number of carbonyl (C=O) groups is 2. The fraction of sp³-hybridized carbons (Fsp3) is 0.0588. The van der Waals surface area contributed by atoms with Gasteiger partial charge in [-0.2, -0.15) is 0 Å². The van der Waals surface area contributed by atoms with Crippen molar-refractivity contribution in [1.82, 2.24) is 0 Å². The molecule has 5 rings (SSSR count). The first kappa shape index (κ1) is 24.7. The van der Waals surface area contributed by atoms with Crippen LogP contribution >= 0.6 is 0 Å². The summed E-state index contributed by atoms with van der Waals surface area (Å²) in [6.07, 6.45) is -1.10. The Labute approximate surface area is 222 Å². The van der Waals surface area contributed by atoms with E-state index in [9.17, 15) is 9.59 Å². The van der Waals surface area contributed by atoms with Crippen LogP contribution in [-0.2, 0) is 9.47 Å². The normalized spacial score (nSPS) is 10.8. The summed E-state index contributed by atoms with van der Waals surface area (Å²) in [5.41, 5.74) is 4.20. The second kappa shape index (κ2) is 11.8. The van der Waals surface area contributed by atoms with Gasteiger partial charge >= 0.3 is 11.9 Å². The molecule has 5 aromatic carbocycles. The molecule has 5 aromatic rings. The van der Waals surface area contributed by atoms with Gasteiger partial charge in [0.2, 0.25) is 0 Å². The zero-order chi connectivity index (χ0) is 26.2. The highest BCUT2D eigenvalue weighted by Gasteiger charge is 2.22. The summed E-state index contributed by atoms with van der Waals surface area (Å²) in [6.45, 7) is 0. The molecule has 0 aliphatic carbocycles. The monoisotopic (exact) mass is 498 g/mol. The molecule has 0 radical (unpaired) electrons. The van der Waals surface area contributed by atoms with Crippen LogP contribution in [0.2, 0.25) is 0 Å². The van der Waals surface area contributed by atoms with E-state index in [4.69, 9.17) is 9.47 Å². The van der Waals surface area contributed by atoms with Gasteiger partial charge in [0.15, 0.2) is 12.2 Å². The molecule has 186 valence electrons. The molecule has 0 saturated heterocycles. The zero-order valence-corrected chi connectivity index (χ0v) is 20.6. The van der Waals surface area contributed by atoms with Crippen LogP contribution in [0.4, 0.5) is 0 Å². The molecular formula is C34H26O4. The highest BCUT2D eigenvalue weighted by molar-refractivity contribution is 5.93. The molecule has 0 heterocycles. The van der Waals surface area contributed by atoms with Crippen molar-refractivity contribution in [3.8, 4) is 0 Å². The fourth-order valence-electron chi connectivity index (χ4n) is 4.26.